The van der Waals surface area contributed by atoms with Gasteiger partial charge < -0.3 is 9.55 Å². The molecule has 1 aromatic carbocycles. The Hall–Kier alpha value is -0.800. The molecule has 1 N–H and O–H groups in total. The minimum absolute atomic E-state index is 0.512. The van der Waals surface area contributed by atoms with Gasteiger partial charge in [-0.25, -0.2) is 0 Å². The van der Waals surface area contributed by atoms with Crippen molar-refractivity contribution in [2.45, 2.75) is 38.6 Å². The van der Waals surface area contributed by atoms with Gasteiger partial charge >= 0.3 is 0 Å². The van der Waals surface area contributed by atoms with Crippen LogP contribution in [0.5, 0.6) is 0 Å². The number of nitrogens with zero attached hydrogens (tertiary/aromatic N) is 1. The Morgan fingerprint density at radius 1 is 1.33 bits per heavy atom. The van der Waals surface area contributed by atoms with Gasteiger partial charge in [-0.3, -0.25) is 0 Å². The number of fused-ring (bicyclic) bond motifs is 1. The molecule has 2 unspecified atom stereocenters. The van der Waals surface area contributed by atoms with Gasteiger partial charge in [-0.15, -0.1) is 0 Å². The molecule has 1 aromatic heterocycles. The van der Waals surface area contributed by atoms with E-state index >= 15 is 0 Å². The lowest BCUT2D eigenvalue weighted by Crippen LogP contribution is -2.21. The molecular formula is C14H17ClN2S. The van der Waals surface area contributed by atoms with Crippen molar-refractivity contribution in [3.63, 3.8) is 0 Å². The number of halogens is 1. The van der Waals surface area contributed by atoms with E-state index in [2.05, 4.69) is 16.5 Å². The summed E-state index contributed by atoms with van der Waals surface area (Å²) < 4.78 is 3.10. The van der Waals surface area contributed by atoms with Gasteiger partial charge in [0.15, 0.2) is 4.77 Å². The Kier molecular flexibility index (Phi) is 3.20. The quantitative estimate of drug-likeness (QED) is 0.721. The summed E-state index contributed by atoms with van der Waals surface area (Å²) in [5, 5.41) is 0.772. The smallest absolute Gasteiger partial charge is 0.178 e. The predicted octanol–water partition coefficient (Wildman–Crippen LogP) is 5.10. The molecule has 3 rings (SSSR count). The molecule has 2 nitrogen and oxygen atoms in total. The van der Waals surface area contributed by atoms with Gasteiger partial charge in [0, 0.05) is 11.1 Å². The fourth-order valence-corrected chi connectivity index (χ4v) is 3.61. The topological polar surface area (TPSA) is 20.7 Å². The maximum atomic E-state index is 6.11. The molecule has 4 heteroatoms. The third-order valence-corrected chi connectivity index (χ3v) is 4.61. The molecular weight excluding hydrogens is 264 g/mol. The summed E-state index contributed by atoms with van der Waals surface area (Å²) in [6.07, 6.45) is 5.15. The Morgan fingerprint density at radius 2 is 2.11 bits per heavy atom. The standard InChI is InChI=1S/C14H17ClN2S/c1-9-4-2-3-5-12(9)17-13-8-10(15)6-7-11(13)16-14(17)18/h6-9,12H,2-5H2,1H3,(H,16,18). The largest absolute Gasteiger partial charge is 0.331 e. The second-order valence-corrected chi connectivity index (χ2v) is 6.11. The van der Waals surface area contributed by atoms with Crippen molar-refractivity contribution in [2.24, 2.45) is 5.92 Å². The molecule has 1 saturated carbocycles. The van der Waals surface area contributed by atoms with E-state index in [4.69, 9.17) is 23.8 Å². The lowest BCUT2D eigenvalue weighted by molar-refractivity contribution is 0.260. The molecule has 2 aromatic rings. The number of aromatic nitrogens is 2. The van der Waals surface area contributed by atoms with Crippen LogP contribution in [-0.4, -0.2) is 9.55 Å². The number of hydrogen-bond donors (Lipinski definition) is 1. The van der Waals surface area contributed by atoms with E-state index in [1.165, 1.54) is 25.7 Å². The highest BCUT2D eigenvalue weighted by Gasteiger charge is 2.24. The van der Waals surface area contributed by atoms with E-state index in [1.54, 1.807) is 0 Å². The molecule has 0 radical (unpaired) electrons. The first-order valence-electron chi connectivity index (χ1n) is 6.56. The highest BCUT2D eigenvalue weighted by molar-refractivity contribution is 7.71. The van der Waals surface area contributed by atoms with Gasteiger partial charge in [0.1, 0.15) is 0 Å². The third kappa shape index (κ3) is 1.99. The number of H-pyrrole nitrogens is 1. The molecule has 0 saturated heterocycles. The fraction of sp³-hybridized carbons (Fsp3) is 0.500. The minimum atomic E-state index is 0.512. The van der Waals surface area contributed by atoms with E-state index in [0.29, 0.717) is 12.0 Å². The zero-order chi connectivity index (χ0) is 12.7. The van der Waals surface area contributed by atoms with Crippen LogP contribution in [-0.2, 0) is 0 Å². The zero-order valence-corrected chi connectivity index (χ0v) is 12.0. The van der Waals surface area contributed by atoms with Gasteiger partial charge in [0.2, 0.25) is 0 Å². The van der Waals surface area contributed by atoms with Gasteiger partial charge in [-0.1, -0.05) is 31.4 Å². The van der Waals surface area contributed by atoms with E-state index in [-0.39, 0.29) is 0 Å². The van der Waals surface area contributed by atoms with Gasteiger partial charge in [0.25, 0.3) is 0 Å². The molecule has 96 valence electrons. The van der Waals surface area contributed by atoms with E-state index < -0.39 is 0 Å². The van der Waals surface area contributed by atoms with Gasteiger partial charge in [-0.05, 0) is 49.2 Å². The molecule has 1 fully saturated rings. The summed E-state index contributed by atoms with van der Waals surface area (Å²) >= 11 is 11.6. The number of benzene rings is 1. The molecule has 1 aliphatic carbocycles. The second-order valence-electron chi connectivity index (χ2n) is 5.29. The minimum Gasteiger partial charge on any atom is -0.331 e. The van der Waals surface area contributed by atoms with Crippen molar-refractivity contribution in [1.29, 1.82) is 0 Å². The van der Waals surface area contributed by atoms with Crippen molar-refractivity contribution in [3.8, 4) is 0 Å². The highest BCUT2D eigenvalue weighted by Crippen LogP contribution is 2.36. The number of aromatic amines is 1. The Labute approximate surface area is 117 Å². The van der Waals surface area contributed by atoms with Crippen LogP contribution in [0, 0.1) is 10.7 Å². The number of imidazole rings is 1. The molecule has 0 bridgehead atoms. The maximum Gasteiger partial charge on any atom is 0.178 e. The summed E-state index contributed by atoms with van der Waals surface area (Å²) in [4.78, 5) is 3.29. The van der Waals surface area contributed by atoms with Gasteiger partial charge in [0.05, 0.1) is 11.0 Å². The first-order chi connectivity index (χ1) is 8.66. The first-order valence-corrected chi connectivity index (χ1v) is 7.35. The summed E-state index contributed by atoms with van der Waals surface area (Å²) in [5.74, 6) is 0.684. The molecule has 0 amide bonds. The number of nitrogens with one attached hydrogen (secondary N) is 1. The van der Waals surface area contributed by atoms with Crippen LogP contribution in [0.1, 0.15) is 38.6 Å². The molecule has 2 atom stereocenters. The van der Waals surface area contributed by atoms with Crippen molar-refractivity contribution < 1.29 is 0 Å². The fourth-order valence-electron chi connectivity index (χ4n) is 3.10. The Morgan fingerprint density at radius 3 is 2.89 bits per heavy atom. The van der Waals surface area contributed by atoms with Gasteiger partial charge in [-0.2, -0.15) is 0 Å². The van der Waals surface area contributed by atoms with Crippen LogP contribution in [0.3, 0.4) is 0 Å². The highest BCUT2D eigenvalue weighted by atomic mass is 35.5. The molecule has 0 aliphatic heterocycles. The summed E-state index contributed by atoms with van der Waals surface area (Å²) in [7, 11) is 0. The maximum absolute atomic E-state index is 6.11. The third-order valence-electron chi connectivity index (χ3n) is 4.08. The molecule has 1 heterocycles. The van der Waals surface area contributed by atoms with Crippen LogP contribution in [0.15, 0.2) is 18.2 Å². The number of hydrogen-bond acceptors (Lipinski definition) is 1. The van der Waals surface area contributed by atoms with Crippen LogP contribution < -0.4 is 0 Å². The lowest BCUT2D eigenvalue weighted by Gasteiger charge is -2.30. The predicted molar refractivity (Wildman–Crippen MR) is 78.8 cm³/mol. The SMILES string of the molecule is CC1CCCCC1n1c(=S)[nH]c2ccc(Cl)cc21. The van der Waals surface area contributed by atoms with Crippen molar-refractivity contribution in [1.82, 2.24) is 9.55 Å². The summed E-state index contributed by atoms with van der Waals surface area (Å²) in [6.45, 7) is 2.33. The van der Waals surface area contributed by atoms with Crippen LogP contribution in [0.2, 0.25) is 5.02 Å². The molecule has 18 heavy (non-hydrogen) atoms. The normalized spacial score (nSPS) is 24.6. The Balaban J connectivity index is 2.18. The van der Waals surface area contributed by atoms with Crippen LogP contribution >= 0.6 is 23.8 Å². The Bertz CT molecular complexity index is 628. The van der Waals surface area contributed by atoms with Crippen LogP contribution in [0.4, 0.5) is 0 Å². The van der Waals surface area contributed by atoms with Crippen molar-refractivity contribution in [2.75, 3.05) is 0 Å². The zero-order valence-electron chi connectivity index (χ0n) is 10.4. The lowest BCUT2D eigenvalue weighted by atomic mass is 9.86. The summed E-state index contributed by atoms with van der Waals surface area (Å²) in [5.41, 5.74) is 2.23. The van der Waals surface area contributed by atoms with Crippen molar-refractivity contribution >= 4 is 34.9 Å². The average molecular weight is 281 g/mol. The van der Waals surface area contributed by atoms with E-state index in [0.717, 1.165) is 20.8 Å². The molecule has 1 aliphatic rings. The summed E-state index contributed by atoms with van der Waals surface area (Å²) in [6, 6.07) is 6.45. The average Bonchev–Trinajstić information content (AvgIpc) is 2.66. The van der Waals surface area contributed by atoms with Crippen LogP contribution in [0.25, 0.3) is 11.0 Å². The van der Waals surface area contributed by atoms with E-state index in [9.17, 15) is 0 Å². The van der Waals surface area contributed by atoms with E-state index in [1.807, 2.05) is 18.2 Å². The van der Waals surface area contributed by atoms with Crippen molar-refractivity contribution in [3.05, 3.63) is 28.0 Å². The first kappa shape index (κ1) is 12.2. The monoisotopic (exact) mass is 280 g/mol. The molecule has 0 spiro atoms. The number of rotatable bonds is 1. The second kappa shape index (κ2) is 4.71.